The van der Waals surface area contributed by atoms with Crippen molar-refractivity contribution in [1.82, 2.24) is 34.9 Å². The van der Waals surface area contributed by atoms with E-state index in [2.05, 4.69) is 35.2 Å². The number of amides is 1. The third-order valence-corrected chi connectivity index (χ3v) is 8.02. The van der Waals surface area contributed by atoms with Crippen molar-refractivity contribution in [3.63, 3.8) is 0 Å². The Labute approximate surface area is 262 Å². The number of pyridine rings is 2. The number of rotatable bonds is 8. The van der Waals surface area contributed by atoms with Crippen molar-refractivity contribution in [2.45, 2.75) is 6.54 Å². The molecule has 0 fully saturated rings. The van der Waals surface area contributed by atoms with Crippen LogP contribution in [-0.2, 0) is 16.6 Å². The Balaban J connectivity index is 1.22. The van der Waals surface area contributed by atoms with Crippen molar-refractivity contribution in [3.05, 3.63) is 115 Å². The monoisotopic (exact) mass is 632 g/mol. The lowest BCUT2D eigenvalue weighted by molar-refractivity contribution is 0.102. The second-order valence-electron chi connectivity index (χ2n) is 10.7. The summed E-state index contributed by atoms with van der Waals surface area (Å²) >= 11 is 0. The smallest absolute Gasteiger partial charge is 0.255 e. The fraction of sp³-hybridized carbons (Fsp3) is 0.0606. The van der Waals surface area contributed by atoms with E-state index in [1.54, 1.807) is 55.1 Å². The molecule has 0 atom stereocenters. The zero-order valence-electron chi connectivity index (χ0n) is 24.2. The van der Waals surface area contributed by atoms with Crippen LogP contribution in [0.15, 0.2) is 97.6 Å². The largest absolute Gasteiger partial charge is 0.335 e. The molecular weight excluding hydrogens is 607 g/mol. The number of fused-ring (bicyclic) bond motifs is 2. The van der Waals surface area contributed by atoms with E-state index in [-0.39, 0.29) is 12.5 Å². The van der Waals surface area contributed by atoms with Gasteiger partial charge in [0.2, 0.25) is 10.0 Å². The maximum atomic E-state index is 14.6. The van der Waals surface area contributed by atoms with E-state index in [1.807, 2.05) is 30.3 Å². The second-order valence-corrected chi connectivity index (χ2v) is 12.6. The number of aromatic nitrogens is 6. The third kappa shape index (κ3) is 5.96. The highest BCUT2D eigenvalue weighted by atomic mass is 32.2. The minimum absolute atomic E-state index is 0.0573. The molecule has 4 heterocycles. The van der Waals surface area contributed by atoms with Crippen LogP contribution in [0.4, 0.5) is 10.1 Å². The lowest BCUT2D eigenvalue weighted by atomic mass is 10.0. The van der Waals surface area contributed by atoms with E-state index in [0.717, 1.165) is 28.3 Å². The van der Waals surface area contributed by atoms with Gasteiger partial charge in [-0.2, -0.15) is 5.10 Å². The highest BCUT2D eigenvalue weighted by molar-refractivity contribution is 7.88. The van der Waals surface area contributed by atoms with Gasteiger partial charge in [0.05, 0.1) is 40.9 Å². The van der Waals surface area contributed by atoms with Gasteiger partial charge >= 0.3 is 0 Å². The van der Waals surface area contributed by atoms with Crippen LogP contribution >= 0.6 is 0 Å². The van der Waals surface area contributed by atoms with Crippen LogP contribution in [0.1, 0.15) is 15.9 Å². The zero-order valence-corrected chi connectivity index (χ0v) is 25.1. The molecule has 13 heteroatoms. The van der Waals surface area contributed by atoms with E-state index >= 15 is 0 Å². The average Bonchev–Trinajstić information content (AvgIpc) is 3.68. The number of sulfonamides is 1. The lowest BCUT2D eigenvalue weighted by Crippen LogP contribution is -2.21. The Morgan fingerprint density at radius 3 is 2.52 bits per heavy atom. The quantitative estimate of drug-likeness (QED) is 0.168. The number of carbonyl (C=O) groups is 1. The van der Waals surface area contributed by atoms with Gasteiger partial charge in [-0.25, -0.2) is 22.5 Å². The molecule has 0 unspecified atom stereocenters. The summed E-state index contributed by atoms with van der Waals surface area (Å²) in [4.78, 5) is 29.4. The predicted octanol–water partition coefficient (Wildman–Crippen LogP) is 5.67. The van der Waals surface area contributed by atoms with Crippen LogP contribution in [0.2, 0.25) is 0 Å². The normalized spacial score (nSPS) is 11.7. The first-order valence-electron chi connectivity index (χ1n) is 14.1. The number of anilines is 1. The molecule has 0 saturated carbocycles. The van der Waals surface area contributed by atoms with E-state index in [0.29, 0.717) is 50.5 Å². The average molecular weight is 633 g/mol. The Hall–Kier alpha value is -5.79. The molecule has 3 aromatic carbocycles. The molecule has 7 aromatic rings. The van der Waals surface area contributed by atoms with Crippen LogP contribution in [0.25, 0.3) is 55.7 Å². The van der Waals surface area contributed by atoms with Crippen LogP contribution in [0.5, 0.6) is 0 Å². The predicted molar refractivity (Wildman–Crippen MR) is 174 cm³/mol. The standard InChI is InChI=1S/C33H25FN8O3S/c1-46(44,45)37-14-19-9-22(11-24(34)10-19)27-17-36-18-29-30(27)40-32(39-29)31-26-13-21(7-8-28(26)41-42-31)23-12-25(16-35-15-23)38-33(43)20-5-3-2-4-6-20/h2-13,15-18,37H,14H2,1H3,(H,38,43)(H,39,40)(H,41,42). The van der Waals surface area contributed by atoms with Crippen LogP contribution in [0, 0.1) is 5.82 Å². The molecule has 228 valence electrons. The molecule has 4 aromatic heterocycles. The van der Waals surface area contributed by atoms with Crippen molar-refractivity contribution in [2.24, 2.45) is 0 Å². The van der Waals surface area contributed by atoms with Gasteiger partial charge in [-0.1, -0.05) is 24.3 Å². The number of halogens is 1. The van der Waals surface area contributed by atoms with Crippen LogP contribution < -0.4 is 10.0 Å². The Morgan fingerprint density at radius 2 is 1.70 bits per heavy atom. The van der Waals surface area contributed by atoms with E-state index in [4.69, 9.17) is 4.98 Å². The third-order valence-electron chi connectivity index (χ3n) is 7.35. The molecule has 0 saturated heterocycles. The highest BCUT2D eigenvalue weighted by Crippen LogP contribution is 2.33. The van der Waals surface area contributed by atoms with Crippen LogP contribution in [-0.4, -0.2) is 50.7 Å². The summed E-state index contributed by atoms with van der Waals surface area (Å²) in [7, 11) is -3.46. The van der Waals surface area contributed by atoms with Crippen molar-refractivity contribution >= 4 is 43.6 Å². The number of aromatic amines is 2. The SMILES string of the molecule is CS(=O)(=O)NCc1cc(F)cc(-c2cncc3[nH]c(-c4n[nH]c5ccc(-c6cncc(NC(=O)c7ccccc7)c6)cc45)nc23)c1. The Bertz CT molecular complexity index is 2370. The number of benzene rings is 3. The zero-order chi connectivity index (χ0) is 31.8. The maximum Gasteiger partial charge on any atom is 0.255 e. The fourth-order valence-electron chi connectivity index (χ4n) is 5.21. The van der Waals surface area contributed by atoms with Gasteiger partial charge in [0.25, 0.3) is 5.91 Å². The molecule has 4 N–H and O–H groups in total. The summed E-state index contributed by atoms with van der Waals surface area (Å²) in [5.74, 6) is -0.268. The topological polar surface area (TPSA) is 158 Å². The Kier molecular flexibility index (Phi) is 7.31. The summed E-state index contributed by atoms with van der Waals surface area (Å²) in [6.07, 6.45) is 7.58. The molecule has 0 aliphatic carbocycles. The summed E-state index contributed by atoms with van der Waals surface area (Å²) < 4.78 is 40.2. The van der Waals surface area contributed by atoms with Gasteiger partial charge in [0.15, 0.2) is 5.82 Å². The molecule has 0 bridgehead atoms. The van der Waals surface area contributed by atoms with Gasteiger partial charge in [-0.15, -0.1) is 0 Å². The first-order chi connectivity index (χ1) is 22.2. The molecule has 46 heavy (non-hydrogen) atoms. The summed E-state index contributed by atoms with van der Waals surface area (Å²) in [5, 5.41) is 11.3. The van der Waals surface area contributed by atoms with E-state index in [9.17, 15) is 17.6 Å². The van der Waals surface area contributed by atoms with Gasteiger partial charge in [-0.3, -0.25) is 19.9 Å². The number of H-pyrrole nitrogens is 2. The number of hydrogen-bond acceptors (Lipinski definition) is 7. The van der Waals surface area contributed by atoms with Crippen molar-refractivity contribution < 1.29 is 17.6 Å². The first kappa shape index (κ1) is 29.0. The summed E-state index contributed by atoms with van der Waals surface area (Å²) in [6.45, 7) is -0.0573. The maximum absolute atomic E-state index is 14.6. The molecule has 0 aliphatic rings. The number of nitrogens with zero attached hydrogens (tertiary/aromatic N) is 4. The molecule has 0 aliphatic heterocycles. The summed E-state index contributed by atoms with van der Waals surface area (Å²) in [6, 6.07) is 20.9. The number of nitrogens with one attached hydrogen (secondary N) is 4. The van der Waals surface area contributed by atoms with Crippen LogP contribution in [0.3, 0.4) is 0 Å². The number of imidazole rings is 1. The number of carbonyl (C=O) groups excluding carboxylic acids is 1. The first-order valence-corrected chi connectivity index (χ1v) is 16.0. The molecule has 11 nitrogen and oxygen atoms in total. The van der Waals surface area contributed by atoms with E-state index < -0.39 is 15.8 Å². The Morgan fingerprint density at radius 1 is 0.870 bits per heavy atom. The van der Waals surface area contributed by atoms with Gasteiger partial charge in [0.1, 0.15) is 11.5 Å². The molecule has 1 amide bonds. The molecular formula is C33H25FN8O3S. The molecule has 0 spiro atoms. The minimum atomic E-state index is -3.46. The van der Waals surface area contributed by atoms with E-state index in [1.165, 1.54) is 12.1 Å². The highest BCUT2D eigenvalue weighted by Gasteiger charge is 2.17. The second kappa shape index (κ2) is 11.6. The fourth-order valence-corrected chi connectivity index (χ4v) is 5.64. The van der Waals surface area contributed by atoms with Crippen molar-refractivity contribution in [3.8, 4) is 33.8 Å². The summed E-state index contributed by atoms with van der Waals surface area (Å²) in [5.41, 5.74) is 6.80. The molecule has 7 rings (SSSR count). The van der Waals surface area contributed by atoms with Crippen molar-refractivity contribution in [2.75, 3.05) is 11.6 Å². The number of hydrogen-bond donors (Lipinski definition) is 4. The van der Waals surface area contributed by atoms with Gasteiger partial charge in [0, 0.05) is 41.0 Å². The lowest BCUT2D eigenvalue weighted by Gasteiger charge is -2.08. The van der Waals surface area contributed by atoms with Gasteiger partial charge < -0.3 is 10.3 Å². The van der Waals surface area contributed by atoms with Crippen molar-refractivity contribution in [1.29, 1.82) is 0 Å². The molecule has 0 radical (unpaired) electrons. The minimum Gasteiger partial charge on any atom is -0.335 e. The van der Waals surface area contributed by atoms with Gasteiger partial charge in [-0.05, 0) is 65.2 Å².